The highest BCUT2D eigenvalue weighted by molar-refractivity contribution is 6.30. The minimum atomic E-state index is -0.458. The maximum absolute atomic E-state index is 10.9. The molecule has 2 aromatic carbocycles. The lowest BCUT2D eigenvalue weighted by Gasteiger charge is -2.27. The van der Waals surface area contributed by atoms with Crippen molar-refractivity contribution in [3.8, 4) is 0 Å². The number of benzene rings is 2. The number of rotatable bonds is 7. The van der Waals surface area contributed by atoms with Crippen molar-refractivity contribution >= 4 is 47.0 Å². The minimum absolute atomic E-state index is 0.0156. The highest BCUT2D eigenvalue weighted by Gasteiger charge is 2.16. The highest BCUT2D eigenvalue weighted by atomic mass is 35.5. The summed E-state index contributed by atoms with van der Waals surface area (Å²) in [5.74, 6) is 1.03. The van der Waals surface area contributed by atoms with Gasteiger partial charge in [0.15, 0.2) is 0 Å². The van der Waals surface area contributed by atoms with Gasteiger partial charge < -0.3 is 15.0 Å². The molecule has 1 aromatic heterocycles. The van der Waals surface area contributed by atoms with Crippen molar-refractivity contribution in [3.05, 3.63) is 69.2 Å². The van der Waals surface area contributed by atoms with Gasteiger partial charge in [-0.1, -0.05) is 23.7 Å². The van der Waals surface area contributed by atoms with Gasteiger partial charge in [0, 0.05) is 41.5 Å². The van der Waals surface area contributed by atoms with Crippen LogP contribution in [0, 0.1) is 10.1 Å². The molecule has 164 valence electrons. The van der Waals surface area contributed by atoms with Crippen LogP contribution in [-0.2, 0) is 4.74 Å². The lowest BCUT2D eigenvalue weighted by Crippen LogP contribution is -2.37. The molecule has 11 nitrogen and oxygen atoms in total. The molecule has 1 fully saturated rings. The molecule has 0 bridgehead atoms. The van der Waals surface area contributed by atoms with Gasteiger partial charge in [0.2, 0.25) is 17.8 Å². The van der Waals surface area contributed by atoms with E-state index in [9.17, 15) is 10.1 Å². The predicted molar refractivity (Wildman–Crippen MR) is 122 cm³/mol. The second-order valence-electron chi connectivity index (χ2n) is 6.74. The van der Waals surface area contributed by atoms with Gasteiger partial charge in [0.1, 0.15) is 0 Å². The molecule has 3 aromatic rings. The molecule has 32 heavy (non-hydrogen) atoms. The topological polar surface area (TPSA) is 131 Å². The fourth-order valence-electron chi connectivity index (χ4n) is 2.92. The van der Waals surface area contributed by atoms with Crippen LogP contribution in [0.1, 0.15) is 5.56 Å². The van der Waals surface area contributed by atoms with Crippen molar-refractivity contribution in [3.63, 3.8) is 0 Å². The van der Waals surface area contributed by atoms with Crippen molar-refractivity contribution in [2.45, 2.75) is 0 Å². The maximum Gasteiger partial charge on any atom is 0.270 e. The summed E-state index contributed by atoms with van der Waals surface area (Å²) in [5, 5.41) is 18.8. The molecular weight excluding hydrogens is 436 g/mol. The van der Waals surface area contributed by atoms with Crippen molar-refractivity contribution in [2.75, 3.05) is 41.9 Å². The van der Waals surface area contributed by atoms with Gasteiger partial charge in [0.25, 0.3) is 5.69 Å². The molecule has 0 radical (unpaired) electrons. The first kappa shape index (κ1) is 21.4. The molecular formula is C20H19ClN8O3. The molecule has 0 aliphatic carbocycles. The third kappa shape index (κ3) is 5.65. The van der Waals surface area contributed by atoms with Crippen LogP contribution >= 0.6 is 11.6 Å². The normalized spacial score (nSPS) is 13.8. The standard InChI is InChI=1S/C20H19ClN8O3/c21-15-4-6-16(7-5-15)23-18-24-19(26-20(25-18)28-8-10-32-11-9-28)27-22-13-14-2-1-3-17(12-14)29(30)31/h1-7,12-13H,8-11H2,(H2,23,24,25,26,27)/b22-13+. The van der Waals surface area contributed by atoms with Crippen LogP contribution in [0.3, 0.4) is 0 Å². The van der Waals surface area contributed by atoms with E-state index in [4.69, 9.17) is 16.3 Å². The average molecular weight is 455 g/mol. The number of anilines is 4. The van der Waals surface area contributed by atoms with E-state index in [0.29, 0.717) is 48.8 Å². The number of morpholine rings is 1. The number of nitrogens with zero attached hydrogens (tertiary/aromatic N) is 6. The number of aromatic nitrogens is 3. The van der Waals surface area contributed by atoms with Gasteiger partial charge in [-0.3, -0.25) is 10.1 Å². The van der Waals surface area contributed by atoms with Crippen LogP contribution in [0.2, 0.25) is 5.02 Å². The first-order valence-electron chi connectivity index (χ1n) is 9.72. The van der Waals surface area contributed by atoms with Gasteiger partial charge in [0.05, 0.1) is 24.4 Å². The Morgan fingerprint density at radius 1 is 1.09 bits per heavy atom. The molecule has 2 N–H and O–H groups in total. The Balaban J connectivity index is 1.56. The minimum Gasteiger partial charge on any atom is -0.378 e. The highest BCUT2D eigenvalue weighted by Crippen LogP contribution is 2.20. The number of nitrogens with one attached hydrogen (secondary N) is 2. The van der Waals surface area contributed by atoms with Crippen LogP contribution in [0.25, 0.3) is 0 Å². The molecule has 1 saturated heterocycles. The van der Waals surface area contributed by atoms with E-state index in [0.717, 1.165) is 5.69 Å². The Morgan fingerprint density at radius 3 is 2.59 bits per heavy atom. The first-order valence-corrected chi connectivity index (χ1v) is 10.1. The monoisotopic (exact) mass is 454 g/mol. The molecule has 12 heteroatoms. The van der Waals surface area contributed by atoms with Crippen LogP contribution in [0.4, 0.5) is 29.2 Å². The smallest absolute Gasteiger partial charge is 0.270 e. The number of non-ortho nitro benzene ring substituents is 1. The summed E-state index contributed by atoms with van der Waals surface area (Å²) < 4.78 is 5.40. The van der Waals surface area contributed by atoms with E-state index in [1.54, 1.807) is 24.3 Å². The zero-order chi connectivity index (χ0) is 22.3. The summed E-state index contributed by atoms with van der Waals surface area (Å²) in [6.07, 6.45) is 1.46. The molecule has 0 spiro atoms. The van der Waals surface area contributed by atoms with Crippen LogP contribution in [0.15, 0.2) is 53.6 Å². The second kappa shape index (κ2) is 9.98. The summed E-state index contributed by atoms with van der Waals surface area (Å²) in [6, 6.07) is 13.3. The number of nitro benzene ring substituents is 1. The predicted octanol–water partition coefficient (Wildman–Crippen LogP) is 3.46. The number of hydrogen-bond acceptors (Lipinski definition) is 10. The number of halogens is 1. The van der Waals surface area contributed by atoms with Crippen molar-refractivity contribution in [2.24, 2.45) is 5.10 Å². The molecule has 0 saturated carbocycles. The van der Waals surface area contributed by atoms with Gasteiger partial charge in [-0.05, 0) is 24.3 Å². The zero-order valence-corrected chi connectivity index (χ0v) is 17.6. The summed E-state index contributed by atoms with van der Waals surface area (Å²) >= 11 is 5.95. The van der Waals surface area contributed by atoms with E-state index in [-0.39, 0.29) is 11.6 Å². The Labute approximate surface area is 188 Å². The fraction of sp³-hybridized carbons (Fsp3) is 0.200. The molecule has 2 heterocycles. The van der Waals surface area contributed by atoms with E-state index >= 15 is 0 Å². The Kier molecular flexibility index (Phi) is 6.68. The lowest BCUT2D eigenvalue weighted by molar-refractivity contribution is -0.384. The zero-order valence-electron chi connectivity index (χ0n) is 16.8. The van der Waals surface area contributed by atoms with E-state index in [2.05, 4.69) is 30.8 Å². The summed E-state index contributed by atoms with van der Waals surface area (Å²) in [4.78, 5) is 25.8. The van der Waals surface area contributed by atoms with Gasteiger partial charge in [-0.25, -0.2) is 5.43 Å². The third-order valence-electron chi connectivity index (χ3n) is 4.48. The Morgan fingerprint density at radius 2 is 1.84 bits per heavy atom. The molecule has 0 amide bonds. The fourth-order valence-corrected chi connectivity index (χ4v) is 3.05. The van der Waals surface area contributed by atoms with E-state index in [1.165, 1.54) is 18.3 Å². The average Bonchev–Trinajstić information content (AvgIpc) is 2.81. The molecule has 1 aliphatic rings. The van der Waals surface area contributed by atoms with Gasteiger partial charge >= 0.3 is 0 Å². The largest absolute Gasteiger partial charge is 0.378 e. The molecule has 0 unspecified atom stereocenters. The number of nitro groups is 1. The quantitative estimate of drug-likeness (QED) is 0.313. The molecule has 1 aliphatic heterocycles. The third-order valence-corrected chi connectivity index (χ3v) is 4.73. The number of hydrogen-bond donors (Lipinski definition) is 2. The summed E-state index contributed by atoms with van der Waals surface area (Å²) in [6.45, 7) is 2.47. The lowest BCUT2D eigenvalue weighted by atomic mass is 10.2. The van der Waals surface area contributed by atoms with Crippen molar-refractivity contribution < 1.29 is 9.66 Å². The van der Waals surface area contributed by atoms with Gasteiger partial charge in [-0.2, -0.15) is 20.1 Å². The summed E-state index contributed by atoms with van der Waals surface area (Å²) in [7, 11) is 0. The van der Waals surface area contributed by atoms with Crippen LogP contribution < -0.4 is 15.6 Å². The van der Waals surface area contributed by atoms with Gasteiger partial charge in [-0.15, -0.1) is 0 Å². The number of hydrazone groups is 1. The van der Waals surface area contributed by atoms with Crippen molar-refractivity contribution in [1.29, 1.82) is 0 Å². The molecule has 4 rings (SSSR count). The Bertz CT molecular complexity index is 1120. The SMILES string of the molecule is O=[N+]([O-])c1cccc(/C=N/Nc2nc(Nc3ccc(Cl)cc3)nc(N3CCOCC3)n2)c1. The number of ether oxygens (including phenoxy) is 1. The Hall–Kier alpha value is -3.83. The maximum atomic E-state index is 10.9. The second-order valence-corrected chi connectivity index (χ2v) is 7.17. The van der Waals surface area contributed by atoms with Crippen molar-refractivity contribution in [1.82, 2.24) is 15.0 Å². The van der Waals surface area contributed by atoms with Crippen LogP contribution in [0.5, 0.6) is 0 Å². The summed E-state index contributed by atoms with van der Waals surface area (Å²) in [5.41, 5.74) is 4.09. The van der Waals surface area contributed by atoms with E-state index < -0.39 is 4.92 Å². The van der Waals surface area contributed by atoms with Crippen LogP contribution in [-0.4, -0.2) is 52.4 Å². The molecule has 0 atom stereocenters. The first-order chi connectivity index (χ1) is 15.6. The van der Waals surface area contributed by atoms with E-state index in [1.807, 2.05) is 17.0 Å².